The molecule has 2 aliphatic heterocycles. The lowest BCUT2D eigenvalue weighted by atomic mass is 10.1. The number of rotatable bonds is 5. The van der Waals surface area contributed by atoms with Crippen LogP contribution in [0.2, 0.25) is 0 Å². The zero-order valence-corrected chi connectivity index (χ0v) is 16.4. The molecule has 1 unspecified atom stereocenters. The van der Waals surface area contributed by atoms with Gasteiger partial charge in [-0.15, -0.1) is 0 Å². The number of piperazine rings is 1. The molecule has 6 heteroatoms. The Balaban J connectivity index is 1.38. The SMILES string of the molecule is Cc1ccccc1N1CCN(c2ncccc2CNC(=O)C2CCOC2)CC1. The van der Waals surface area contributed by atoms with E-state index in [-0.39, 0.29) is 11.8 Å². The third-order valence-corrected chi connectivity index (χ3v) is 5.66. The first kappa shape index (κ1) is 18.7. The molecule has 148 valence electrons. The van der Waals surface area contributed by atoms with Gasteiger partial charge in [-0.3, -0.25) is 4.79 Å². The summed E-state index contributed by atoms with van der Waals surface area (Å²) in [4.78, 5) is 21.7. The minimum Gasteiger partial charge on any atom is -0.381 e. The molecule has 2 fully saturated rings. The Kier molecular flexibility index (Phi) is 5.76. The molecule has 4 rings (SSSR count). The third kappa shape index (κ3) is 4.12. The van der Waals surface area contributed by atoms with Crippen LogP contribution in [0.25, 0.3) is 0 Å². The summed E-state index contributed by atoms with van der Waals surface area (Å²) >= 11 is 0. The lowest BCUT2D eigenvalue weighted by molar-refractivity contribution is -0.125. The fraction of sp³-hybridized carbons (Fsp3) is 0.455. The number of carbonyl (C=O) groups is 1. The molecule has 1 N–H and O–H groups in total. The van der Waals surface area contributed by atoms with E-state index in [1.807, 2.05) is 12.3 Å². The van der Waals surface area contributed by atoms with E-state index in [0.29, 0.717) is 19.8 Å². The van der Waals surface area contributed by atoms with Gasteiger partial charge >= 0.3 is 0 Å². The number of amides is 1. The van der Waals surface area contributed by atoms with E-state index in [1.165, 1.54) is 11.3 Å². The predicted molar refractivity (Wildman–Crippen MR) is 111 cm³/mol. The Morgan fingerprint density at radius 1 is 1.14 bits per heavy atom. The van der Waals surface area contributed by atoms with Crippen LogP contribution in [0.4, 0.5) is 11.5 Å². The maximum absolute atomic E-state index is 12.3. The lowest BCUT2D eigenvalue weighted by Gasteiger charge is -2.38. The molecule has 1 aromatic carbocycles. The van der Waals surface area contributed by atoms with Crippen LogP contribution < -0.4 is 15.1 Å². The first-order valence-electron chi connectivity index (χ1n) is 10.1. The fourth-order valence-electron chi connectivity index (χ4n) is 4.00. The molecule has 0 spiro atoms. The van der Waals surface area contributed by atoms with Gasteiger partial charge in [0.25, 0.3) is 0 Å². The van der Waals surface area contributed by atoms with E-state index in [0.717, 1.165) is 44.0 Å². The van der Waals surface area contributed by atoms with Crippen molar-refractivity contribution in [3.8, 4) is 0 Å². The number of hydrogen-bond acceptors (Lipinski definition) is 5. The lowest BCUT2D eigenvalue weighted by Crippen LogP contribution is -2.47. The largest absolute Gasteiger partial charge is 0.381 e. The Bertz CT molecular complexity index is 812. The molecule has 0 aliphatic carbocycles. The molecule has 0 radical (unpaired) electrons. The first-order valence-corrected chi connectivity index (χ1v) is 10.1. The van der Waals surface area contributed by atoms with Gasteiger partial charge in [-0.2, -0.15) is 0 Å². The monoisotopic (exact) mass is 380 g/mol. The van der Waals surface area contributed by atoms with Crippen LogP contribution >= 0.6 is 0 Å². The van der Waals surface area contributed by atoms with Crippen LogP contribution in [0.5, 0.6) is 0 Å². The summed E-state index contributed by atoms with van der Waals surface area (Å²) in [7, 11) is 0. The molecular formula is C22H28N4O2. The van der Waals surface area contributed by atoms with Crippen molar-refractivity contribution in [3.63, 3.8) is 0 Å². The average Bonchev–Trinajstić information content (AvgIpc) is 3.28. The highest BCUT2D eigenvalue weighted by molar-refractivity contribution is 5.79. The number of aromatic nitrogens is 1. The summed E-state index contributed by atoms with van der Waals surface area (Å²) in [6, 6.07) is 12.5. The molecule has 6 nitrogen and oxygen atoms in total. The van der Waals surface area contributed by atoms with Gasteiger partial charge in [-0.05, 0) is 31.0 Å². The molecule has 2 aliphatic rings. The number of hydrogen-bond donors (Lipinski definition) is 1. The molecule has 1 aromatic heterocycles. The third-order valence-electron chi connectivity index (χ3n) is 5.66. The maximum Gasteiger partial charge on any atom is 0.225 e. The topological polar surface area (TPSA) is 57.7 Å². The molecule has 0 saturated carbocycles. The first-order chi connectivity index (χ1) is 13.7. The quantitative estimate of drug-likeness (QED) is 0.863. The van der Waals surface area contributed by atoms with Crippen LogP contribution in [0, 0.1) is 12.8 Å². The van der Waals surface area contributed by atoms with Crippen molar-refractivity contribution in [2.45, 2.75) is 19.9 Å². The van der Waals surface area contributed by atoms with Crippen LogP contribution in [-0.2, 0) is 16.1 Å². The van der Waals surface area contributed by atoms with Crippen LogP contribution in [0.1, 0.15) is 17.5 Å². The highest BCUT2D eigenvalue weighted by Gasteiger charge is 2.24. The fourth-order valence-corrected chi connectivity index (χ4v) is 4.00. The van der Waals surface area contributed by atoms with Gasteiger partial charge in [0.1, 0.15) is 5.82 Å². The number of para-hydroxylation sites is 1. The second kappa shape index (κ2) is 8.61. The Labute approximate surface area is 166 Å². The van der Waals surface area contributed by atoms with Gasteiger partial charge in [0.2, 0.25) is 5.91 Å². The standard InChI is InChI=1S/C22H28N4O2/c1-17-5-2-3-7-20(17)25-10-12-26(13-11-25)21-18(6-4-9-23-21)15-24-22(27)19-8-14-28-16-19/h2-7,9,19H,8,10-16H2,1H3,(H,24,27). The number of pyridine rings is 1. The number of aryl methyl sites for hydroxylation is 1. The van der Waals surface area contributed by atoms with E-state index in [4.69, 9.17) is 4.74 Å². The number of benzene rings is 1. The van der Waals surface area contributed by atoms with Crippen molar-refractivity contribution in [2.75, 3.05) is 49.2 Å². The van der Waals surface area contributed by atoms with Crippen molar-refractivity contribution in [2.24, 2.45) is 5.92 Å². The molecule has 2 aromatic rings. The second-order valence-corrected chi connectivity index (χ2v) is 7.53. The van der Waals surface area contributed by atoms with Gasteiger partial charge in [-0.1, -0.05) is 24.3 Å². The summed E-state index contributed by atoms with van der Waals surface area (Å²) in [6.07, 6.45) is 2.64. The number of nitrogens with zero attached hydrogens (tertiary/aromatic N) is 3. The molecule has 1 atom stereocenters. The Hall–Kier alpha value is -2.60. The predicted octanol–water partition coefficient (Wildman–Crippen LogP) is 2.37. The zero-order chi connectivity index (χ0) is 19.3. The van der Waals surface area contributed by atoms with Crippen molar-refractivity contribution in [3.05, 3.63) is 53.7 Å². The Morgan fingerprint density at radius 3 is 2.68 bits per heavy atom. The highest BCUT2D eigenvalue weighted by atomic mass is 16.5. The van der Waals surface area contributed by atoms with E-state index >= 15 is 0 Å². The molecule has 3 heterocycles. The van der Waals surface area contributed by atoms with E-state index in [2.05, 4.69) is 57.4 Å². The second-order valence-electron chi connectivity index (χ2n) is 7.53. The molecular weight excluding hydrogens is 352 g/mol. The zero-order valence-electron chi connectivity index (χ0n) is 16.4. The van der Waals surface area contributed by atoms with Crippen molar-refractivity contribution in [1.29, 1.82) is 0 Å². The van der Waals surface area contributed by atoms with Crippen LogP contribution in [0.15, 0.2) is 42.6 Å². The van der Waals surface area contributed by atoms with E-state index in [9.17, 15) is 4.79 Å². The van der Waals surface area contributed by atoms with Crippen LogP contribution in [-0.4, -0.2) is 50.3 Å². The highest BCUT2D eigenvalue weighted by Crippen LogP contribution is 2.24. The number of nitrogens with one attached hydrogen (secondary N) is 1. The van der Waals surface area contributed by atoms with Crippen molar-refractivity contribution >= 4 is 17.4 Å². The minimum atomic E-state index is -0.0159. The van der Waals surface area contributed by atoms with Crippen molar-refractivity contribution in [1.82, 2.24) is 10.3 Å². The van der Waals surface area contributed by atoms with Gasteiger partial charge in [-0.25, -0.2) is 4.98 Å². The summed E-state index contributed by atoms with van der Waals surface area (Å²) in [5.74, 6) is 1.05. The maximum atomic E-state index is 12.3. The number of anilines is 2. The number of carbonyl (C=O) groups excluding carboxylic acids is 1. The molecule has 1 amide bonds. The summed E-state index contributed by atoms with van der Waals surface area (Å²) in [5.41, 5.74) is 3.70. The number of ether oxygens (including phenoxy) is 1. The van der Waals surface area contributed by atoms with Gasteiger partial charge in [0, 0.05) is 56.8 Å². The average molecular weight is 380 g/mol. The molecule has 2 saturated heterocycles. The van der Waals surface area contributed by atoms with Gasteiger partial charge < -0.3 is 19.9 Å². The van der Waals surface area contributed by atoms with Crippen LogP contribution in [0.3, 0.4) is 0 Å². The van der Waals surface area contributed by atoms with Gasteiger partial charge in [0.15, 0.2) is 0 Å². The molecule has 28 heavy (non-hydrogen) atoms. The van der Waals surface area contributed by atoms with Crippen molar-refractivity contribution < 1.29 is 9.53 Å². The Morgan fingerprint density at radius 2 is 1.93 bits per heavy atom. The summed E-state index contributed by atoms with van der Waals surface area (Å²) in [6.45, 7) is 7.66. The molecule has 0 bridgehead atoms. The minimum absolute atomic E-state index is 0.0159. The van der Waals surface area contributed by atoms with E-state index in [1.54, 1.807) is 0 Å². The van der Waals surface area contributed by atoms with E-state index < -0.39 is 0 Å². The summed E-state index contributed by atoms with van der Waals surface area (Å²) in [5, 5.41) is 3.07. The normalized spacial score (nSPS) is 19.7. The summed E-state index contributed by atoms with van der Waals surface area (Å²) < 4.78 is 5.32. The van der Waals surface area contributed by atoms with Gasteiger partial charge in [0.05, 0.1) is 12.5 Å². The smallest absolute Gasteiger partial charge is 0.225 e.